The molecule has 2 aromatic rings. The van der Waals surface area contributed by atoms with E-state index in [1.807, 2.05) is 13.8 Å². The summed E-state index contributed by atoms with van der Waals surface area (Å²) in [6.45, 7) is 3.63. The van der Waals surface area contributed by atoms with Crippen molar-refractivity contribution in [3.63, 3.8) is 0 Å². The standard InChI is InChI=1S/C10H10F2N4/c1-6-5-7(2)14-10(13-6)16-4-3-8(15-16)9(11)12/h3-5,9H,1-2H3. The maximum absolute atomic E-state index is 12.3. The molecule has 2 aromatic heterocycles. The zero-order valence-corrected chi connectivity index (χ0v) is 8.85. The molecule has 0 saturated carbocycles. The Morgan fingerprint density at radius 1 is 1.19 bits per heavy atom. The third-order valence-corrected chi connectivity index (χ3v) is 2.01. The van der Waals surface area contributed by atoms with Crippen molar-refractivity contribution in [2.75, 3.05) is 0 Å². The van der Waals surface area contributed by atoms with E-state index >= 15 is 0 Å². The number of nitrogens with zero attached hydrogens (tertiary/aromatic N) is 4. The van der Waals surface area contributed by atoms with E-state index in [9.17, 15) is 8.78 Å². The Hall–Kier alpha value is -1.85. The quantitative estimate of drug-likeness (QED) is 0.785. The Labute approximate surface area is 91.0 Å². The second kappa shape index (κ2) is 3.96. The minimum atomic E-state index is -2.58. The van der Waals surface area contributed by atoms with Crippen LogP contribution < -0.4 is 0 Å². The second-order valence-corrected chi connectivity index (χ2v) is 3.44. The minimum Gasteiger partial charge on any atom is -0.216 e. The van der Waals surface area contributed by atoms with Gasteiger partial charge in [-0.3, -0.25) is 0 Å². The average molecular weight is 224 g/mol. The van der Waals surface area contributed by atoms with Crippen LogP contribution in [-0.4, -0.2) is 19.7 Å². The van der Waals surface area contributed by atoms with Gasteiger partial charge in [0.1, 0.15) is 5.69 Å². The fourth-order valence-corrected chi connectivity index (χ4v) is 1.38. The topological polar surface area (TPSA) is 43.6 Å². The van der Waals surface area contributed by atoms with Gasteiger partial charge in [0.15, 0.2) is 0 Å². The molecular weight excluding hydrogens is 214 g/mol. The van der Waals surface area contributed by atoms with Crippen molar-refractivity contribution in [1.29, 1.82) is 0 Å². The normalized spacial score (nSPS) is 11.1. The van der Waals surface area contributed by atoms with Crippen molar-refractivity contribution in [2.24, 2.45) is 0 Å². The molecule has 0 bridgehead atoms. The molecule has 0 aliphatic carbocycles. The maximum Gasteiger partial charge on any atom is 0.282 e. The zero-order valence-electron chi connectivity index (χ0n) is 8.85. The molecule has 16 heavy (non-hydrogen) atoms. The van der Waals surface area contributed by atoms with Gasteiger partial charge < -0.3 is 0 Å². The van der Waals surface area contributed by atoms with Crippen molar-refractivity contribution in [3.8, 4) is 5.95 Å². The smallest absolute Gasteiger partial charge is 0.216 e. The number of aromatic nitrogens is 4. The highest BCUT2D eigenvalue weighted by Gasteiger charge is 2.12. The number of aryl methyl sites for hydroxylation is 2. The summed E-state index contributed by atoms with van der Waals surface area (Å²) in [7, 11) is 0. The van der Waals surface area contributed by atoms with Crippen LogP contribution in [0.2, 0.25) is 0 Å². The van der Waals surface area contributed by atoms with E-state index < -0.39 is 6.43 Å². The molecule has 0 aromatic carbocycles. The van der Waals surface area contributed by atoms with Gasteiger partial charge in [-0.1, -0.05) is 0 Å². The SMILES string of the molecule is Cc1cc(C)nc(-n2ccc(C(F)F)n2)n1. The molecule has 84 valence electrons. The van der Waals surface area contributed by atoms with Crippen molar-refractivity contribution in [1.82, 2.24) is 19.7 Å². The lowest BCUT2D eigenvalue weighted by Crippen LogP contribution is -2.04. The molecule has 0 saturated heterocycles. The lowest BCUT2D eigenvalue weighted by Gasteiger charge is -2.02. The van der Waals surface area contributed by atoms with Crippen molar-refractivity contribution < 1.29 is 8.78 Å². The van der Waals surface area contributed by atoms with E-state index in [2.05, 4.69) is 15.1 Å². The van der Waals surface area contributed by atoms with Gasteiger partial charge in [-0.2, -0.15) is 5.10 Å². The van der Waals surface area contributed by atoms with E-state index in [1.165, 1.54) is 16.9 Å². The molecule has 6 heteroatoms. The first-order valence-electron chi connectivity index (χ1n) is 4.72. The van der Waals surface area contributed by atoms with Crippen LogP contribution in [0.4, 0.5) is 8.78 Å². The molecule has 0 spiro atoms. The number of alkyl halides is 2. The Morgan fingerprint density at radius 3 is 2.31 bits per heavy atom. The molecule has 4 nitrogen and oxygen atoms in total. The summed E-state index contributed by atoms with van der Waals surface area (Å²) >= 11 is 0. The van der Waals surface area contributed by atoms with Gasteiger partial charge in [0.25, 0.3) is 12.4 Å². The average Bonchev–Trinajstić information content (AvgIpc) is 2.64. The monoisotopic (exact) mass is 224 g/mol. The summed E-state index contributed by atoms with van der Waals surface area (Å²) in [5.41, 5.74) is 1.27. The van der Waals surface area contributed by atoms with E-state index in [-0.39, 0.29) is 5.69 Å². The summed E-state index contributed by atoms with van der Waals surface area (Å²) in [4.78, 5) is 8.24. The number of hydrogen-bond donors (Lipinski definition) is 0. The van der Waals surface area contributed by atoms with Crippen LogP contribution in [0.25, 0.3) is 5.95 Å². The van der Waals surface area contributed by atoms with Crippen LogP contribution in [0, 0.1) is 13.8 Å². The van der Waals surface area contributed by atoms with Crippen LogP contribution in [0.15, 0.2) is 18.3 Å². The molecule has 0 radical (unpaired) electrons. The third kappa shape index (κ3) is 2.05. The first-order chi connectivity index (χ1) is 7.56. The van der Waals surface area contributed by atoms with E-state index in [0.717, 1.165) is 11.4 Å². The van der Waals surface area contributed by atoms with E-state index in [4.69, 9.17) is 0 Å². The Balaban J connectivity index is 2.42. The zero-order chi connectivity index (χ0) is 11.7. The van der Waals surface area contributed by atoms with Crippen molar-refractivity contribution in [3.05, 3.63) is 35.4 Å². The molecule has 0 amide bonds. The fourth-order valence-electron chi connectivity index (χ4n) is 1.38. The third-order valence-electron chi connectivity index (χ3n) is 2.01. The van der Waals surface area contributed by atoms with Crippen LogP contribution in [0.1, 0.15) is 23.5 Å². The molecule has 0 fully saturated rings. The maximum atomic E-state index is 12.3. The highest BCUT2D eigenvalue weighted by Crippen LogP contribution is 2.16. The van der Waals surface area contributed by atoms with Crippen LogP contribution >= 0.6 is 0 Å². The number of halogens is 2. The van der Waals surface area contributed by atoms with Gasteiger partial charge in [-0.25, -0.2) is 23.4 Å². The summed E-state index contributed by atoms with van der Waals surface area (Å²) in [6, 6.07) is 3.06. The van der Waals surface area contributed by atoms with Gasteiger partial charge in [0, 0.05) is 17.6 Å². The molecule has 0 N–H and O–H groups in total. The molecule has 2 heterocycles. The van der Waals surface area contributed by atoms with E-state index in [0.29, 0.717) is 5.95 Å². The van der Waals surface area contributed by atoms with Gasteiger partial charge in [-0.05, 0) is 26.0 Å². The number of hydrogen-bond acceptors (Lipinski definition) is 3. The Bertz CT molecular complexity index is 487. The minimum absolute atomic E-state index is 0.275. The molecule has 0 aliphatic rings. The molecule has 0 unspecified atom stereocenters. The van der Waals surface area contributed by atoms with Crippen LogP contribution in [0.3, 0.4) is 0 Å². The van der Waals surface area contributed by atoms with Crippen LogP contribution in [-0.2, 0) is 0 Å². The molecule has 0 aliphatic heterocycles. The summed E-state index contributed by atoms with van der Waals surface area (Å²) < 4.78 is 25.9. The van der Waals surface area contributed by atoms with Crippen molar-refractivity contribution in [2.45, 2.75) is 20.3 Å². The Morgan fingerprint density at radius 2 is 1.81 bits per heavy atom. The predicted octanol–water partition coefficient (Wildman–Crippen LogP) is 2.22. The lowest BCUT2D eigenvalue weighted by atomic mass is 10.4. The highest BCUT2D eigenvalue weighted by molar-refractivity contribution is 5.18. The fraction of sp³-hybridized carbons (Fsp3) is 0.300. The molecular formula is C10H10F2N4. The first-order valence-corrected chi connectivity index (χ1v) is 4.72. The lowest BCUT2D eigenvalue weighted by molar-refractivity contribution is 0.145. The van der Waals surface area contributed by atoms with Gasteiger partial charge in [0.2, 0.25) is 0 Å². The summed E-state index contributed by atoms with van der Waals surface area (Å²) in [6.07, 6.45) is -1.15. The van der Waals surface area contributed by atoms with Gasteiger partial charge in [0.05, 0.1) is 0 Å². The molecule has 2 rings (SSSR count). The van der Waals surface area contributed by atoms with Crippen molar-refractivity contribution >= 4 is 0 Å². The second-order valence-electron chi connectivity index (χ2n) is 3.44. The van der Waals surface area contributed by atoms with Gasteiger partial charge in [-0.15, -0.1) is 0 Å². The van der Waals surface area contributed by atoms with E-state index in [1.54, 1.807) is 6.07 Å². The molecule has 0 atom stereocenters. The Kier molecular flexibility index (Phi) is 2.64. The first kappa shape index (κ1) is 10.7. The van der Waals surface area contributed by atoms with Gasteiger partial charge >= 0.3 is 0 Å². The summed E-state index contributed by atoms with van der Waals surface area (Å²) in [5.74, 6) is 0.310. The largest absolute Gasteiger partial charge is 0.282 e. The predicted molar refractivity (Wildman–Crippen MR) is 53.6 cm³/mol. The van der Waals surface area contributed by atoms with Crippen LogP contribution in [0.5, 0.6) is 0 Å². The summed E-state index contributed by atoms with van der Waals surface area (Å²) in [5, 5.41) is 3.70. The highest BCUT2D eigenvalue weighted by atomic mass is 19.3. The number of rotatable bonds is 2.